The molecule has 7 N–H and O–H groups in total. The first-order valence-corrected chi connectivity index (χ1v) is 34.7. The van der Waals surface area contributed by atoms with E-state index in [-0.39, 0.29) is 67.7 Å². The van der Waals surface area contributed by atoms with Gasteiger partial charge in [0.25, 0.3) is 14.7 Å². The van der Waals surface area contributed by atoms with Gasteiger partial charge in [-0.15, -0.1) is 0 Å². The second kappa shape index (κ2) is 30.0. The monoisotopic (exact) mass is 1320 g/mol. The molecule has 3 aliphatic rings. The number of carboxylic acid groups (broad SMARTS) is 2. The quantitative estimate of drug-likeness (QED) is 0.0253. The minimum absolute atomic E-state index is 0.0760. The van der Waals surface area contributed by atoms with E-state index in [0.29, 0.717) is 33.2 Å². The molecule has 0 radical (unpaired) electrons. The van der Waals surface area contributed by atoms with Crippen LogP contribution >= 0.6 is 30.6 Å². The summed E-state index contributed by atoms with van der Waals surface area (Å²) in [6.07, 6.45) is -1.62. The summed E-state index contributed by atoms with van der Waals surface area (Å²) in [6.45, 7) is -1.18. The number of ether oxygens (including phenoxy) is 2. The highest BCUT2D eigenvalue weighted by atomic mass is 31.2. The largest absolute Gasteiger partial charge is 0.508 e. The lowest BCUT2D eigenvalue weighted by Crippen LogP contribution is -2.30. The van der Waals surface area contributed by atoms with Crippen molar-refractivity contribution >= 4 is 81.0 Å². The van der Waals surface area contributed by atoms with Gasteiger partial charge in [0.05, 0.1) is 71.4 Å². The Morgan fingerprint density at radius 3 is 1.36 bits per heavy atom. The summed E-state index contributed by atoms with van der Waals surface area (Å²) in [5.74, 6) is -5.13. The lowest BCUT2D eigenvalue weighted by atomic mass is 10.0. The van der Waals surface area contributed by atoms with E-state index < -0.39 is 72.7 Å². The Kier molecular flexibility index (Phi) is 21.8. The van der Waals surface area contributed by atoms with Crippen LogP contribution in [0.2, 0.25) is 0 Å². The molecule has 3 heterocycles. The summed E-state index contributed by atoms with van der Waals surface area (Å²) >= 11 is 0. The van der Waals surface area contributed by atoms with Gasteiger partial charge in [-0.25, -0.2) is 0 Å². The van der Waals surface area contributed by atoms with E-state index in [2.05, 4.69) is 0 Å². The van der Waals surface area contributed by atoms with Crippen molar-refractivity contribution < 1.29 is 96.2 Å². The Labute approximate surface area is 529 Å². The topological polar surface area (TPSA) is 324 Å². The molecule has 0 bridgehead atoms. The van der Waals surface area contributed by atoms with Crippen molar-refractivity contribution in [3.8, 4) is 79.0 Å². The zero-order valence-corrected chi connectivity index (χ0v) is 52.5. The fourth-order valence-corrected chi connectivity index (χ4v) is 18.5. The van der Waals surface area contributed by atoms with Gasteiger partial charge in [0.15, 0.2) is 5.30 Å². The molecule has 6 atom stereocenters. The van der Waals surface area contributed by atoms with Crippen LogP contribution in [-0.2, 0) is 46.9 Å². The van der Waals surface area contributed by atoms with E-state index >= 15 is 0 Å². The zero-order valence-electron chi connectivity index (χ0n) is 48.8. The molecule has 12 rings (SSSR count). The first-order chi connectivity index (χ1) is 44.3. The number of carbonyl (C=O) groups is 4. The number of aliphatic hydroxyl groups excluding tert-OH is 2. The highest BCUT2D eigenvalue weighted by Crippen LogP contribution is 2.58. The van der Waals surface area contributed by atoms with Crippen molar-refractivity contribution in [3.05, 3.63) is 212 Å². The molecule has 0 saturated carbocycles. The average molecular weight is 1320 g/mol. The molecular formula is C68H61O20P4+. The number of aliphatic hydroxyl groups is 2. The Hall–Kier alpha value is -9.63. The second-order valence-corrected chi connectivity index (χ2v) is 28.5. The number of phenols is 3. The molecule has 24 heteroatoms. The number of fused-ring (bicyclic) bond motifs is 9. The van der Waals surface area contributed by atoms with Gasteiger partial charge in [0.1, 0.15) is 47.7 Å². The van der Waals surface area contributed by atoms with Gasteiger partial charge in [-0.1, -0.05) is 144 Å². The van der Waals surface area contributed by atoms with Crippen LogP contribution in [-0.4, -0.2) is 98.4 Å². The maximum Gasteiger partial charge on any atom is 0.363 e. The van der Waals surface area contributed by atoms with Crippen molar-refractivity contribution in [2.45, 2.75) is 12.8 Å². The molecule has 0 aliphatic carbocycles. The average Bonchev–Trinajstić information content (AvgIpc) is 0.758. The van der Waals surface area contributed by atoms with Crippen LogP contribution in [0.5, 0.6) is 34.5 Å². The molecule has 92 heavy (non-hydrogen) atoms. The first-order valence-electron chi connectivity index (χ1n) is 28.5. The van der Waals surface area contributed by atoms with Crippen molar-refractivity contribution in [1.82, 2.24) is 0 Å². The van der Waals surface area contributed by atoms with Gasteiger partial charge in [0.2, 0.25) is 0 Å². The number of hydrogen-bond donors (Lipinski definition) is 7. The molecule has 0 aromatic heterocycles. The lowest BCUT2D eigenvalue weighted by Gasteiger charge is -2.30. The van der Waals surface area contributed by atoms with E-state index in [4.69, 9.17) is 38.4 Å². The molecule has 0 spiro atoms. The number of esters is 2. The molecule has 0 fully saturated rings. The van der Waals surface area contributed by atoms with Gasteiger partial charge >= 0.3 is 39.7 Å². The Morgan fingerprint density at radius 1 is 0.435 bits per heavy atom. The van der Waals surface area contributed by atoms with Crippen LogP contribution < -0.4 is 40.1 Å². The minimum atomic E-state index is -3.58. The Bertz CT molecular complexity index is 4360. The van der Waals surface area contributed by atoms with Gasteiger partial charge < -0.3 is 58.8 Å². The fraction of sp³-hybridized carbons (Fsp3) is 0.147. The van der Waals surface area contributed by atoms with Crippen molar-refractivity contribution in [1.29, 1.82) is 0 Å². The number of carbonyl (C=O) groups excluding carboxylic acids is 2. The van der Waals surface area contributed by atoms with Crippen LogP contribution in [0.15, 0.2) is 212 Å². The number of phenolic OH excluding ortho intramolecular Hbond substituents is 3. The van der Waals surface area contributed by atoms with Gasteiger partial charge in [-0.05, 0) is 89.5 Å². The van der Waals surface area contributed by atoms with E-state index in [9.17, 15) is 57.9 Å². The predicted octanol–water partition coefficient (Wildman–Crippen LogP) is 10.6. The first kappa shape index (κ1) is 66.8. The van der Waals surface area contributed by atoms with Crippen LogP contribution in [0.25, 0.3) is 44.5 Å². The molecule has 472 valence electrons. The normalized spacial score (nSPS) is 17.2. The number of benzene rings is 9. The lowest BCUT2D eigenvalue weighted by molar-refractivity contribution is -0.155. The highest BCUT2D eigenvalue weighted by molar-refractivity contribution is 7.75. The SMILES string of the molecule is O=C(CC(CP1(=O)Oc2ccccc2-c2ccccc21)C(=O)OCCO)OCCO.O=C(O)CC(CP1(=O)Oc2ccccc2-c2ccccc21)C(=O)O.O=P1(c2cc(O)ccc2O)Oc2ccccc2-c2ccccc21.O=[PH+]c1ccccc1-c1ccccc1O. The van der Waals surface area contributed by atoms with Crippen molar-refractivity contribution in [3.63, 3.8) is 0 Å². The van der Waals surface area contributed by atoms with Crippen LogP contribution in [0.1, 0.15) is 12.8 Å². The van der Waals surface area contributed by atoms with E-state index in [1.54, 1.807) is 103 Å². The van der Waals surface area contributed by atoms with Crippen molar-refractivity contribution in [2.75, 3.05) is 38.8 Å². The third-order valence-corrected chi connectivity index (χ3v) is 22.8. The summed E-state index contributed by atoms with van der Waals surface area (Å²) in [4.78, 5) is 46.9. The molecule has 20 nitrogen and oxygen atoms in total. The van der Waals surface area contributed by atoms with Gasteiger partial charge in [0, 0.05) is 27.8 Å². The van der Waals surface area contributed by atoms with E-state index in [0.717, 1.165) is 49.8 Å². The Balaban J connectivity index is 0.000000148. The summed E-state index contributed by atoms with van der Waals surface area (Å²) < 4.78 is 79.3. The third-order valence-electron chi connectivity index (χ3n) is 14.6. The minimum Gasteiger partial charge on any atom is -0.508 e. The number of aliphatic carboxylic acids is 2. The van der Waals surface area contributed by atoms with Crippen molar-refractivity contribution in [2.24, 2.45) is 11.8 Å². The molecule has 0 saturated heterocycles. The number of para-hydroxylation sites is 4. The van der Waals surface area contributed by atoms with Gasteiger partial charge in [-0.3, -0.25) is 32.9 Å². The highest BCUT2D eigenvalue weighted by Gasteiger charge is 2.43. The maximum atomic E-state index is 13.9. The molecule has 9 aromatic carbocycles. The number of aromatic hydroxyl groups is 3. The molecular weight excluding hydrogens is 1260 g/mol. The summed E-state index contributed by atoms with van der Waals surface area (Å²) in [5, 5.41) is 67.8. The standard InChI is InChI=1S/C21H23O8P.C18H13O4P.C17H15O6P.C12H9O2P/c22-9-11-27-20(24)13-15(21(25)28-12-10-23)14-30(26)19-8-4-2-6-17(19)16-5-1-3-7-18(16)29-30;19-12-9-10-15(20)18(11-12)23(21)17-8-4-2-6-14(17)13-5-1-3-7-16(13)22-23;18-16(19)9-11(17(20)21)10-24(22)15-8-4-2-6-13(15)12-5-1-3-7-14(12)23-24;13-11-7-3-1-5-9(11)10-6-2-4-8-12(10)15-14/h1-8,15,22-23H,9-14H2;1-11,19-20H;1-8,11H,9-10H2,(H,18,19)(H,20,21);1-8,13H/p+1. The number of carboxylic acids is 2. The third kappa shape index (κ3) is 15.2. The predicted molar refractivity (Wildman–Crippen MR) is 348 cm³/mol. The summed E-state index contributed by atoms with van der Waals surface area (Å²) in [5.41, 5.74) is 6.25. The summed E-state index contributed by atoms with van der Waals surface area (Å²) in [6, 6.07) is 61.2. The molecule has 6 unspecified atom stereocenters. The van der Waals surface area contributed by atoms with Crippen LogP contribution in [0.4, 0.5) is 0 Å². The second-order valence-electron chi connectivity index (χ2n) is 20.8. The number of rotatable bonds is 17. The smallest absolute Gasteiger partial charge is 0.363 e. The summed E-state index contributed by atoms with van der Waals surface area (Å²) in [7, 11) is -11.2. The maximum absolute atomic E-state index is 13.9. The van der Waals surface area contributed by atoms with E-state index in [1.807, 2.05) is 91.0 Å². The van der Waals surface area contributed by atoms with Crippen LogP contribution in [0, 0.1) is 11.8 Å². The van der Waals surface area contributed by atoms with E-state index in [1.165, 1.54) is 18.2 Å². The number of hydrogen-bond acceptors (Lipinski definition) is 18. The Morgan fingerprint density at radius 2 is 0.859 bits per heavy atom. The molecule has 0 amide bonds. The molecule has 3 aliphatic heterocycles. The van der Waals surface area contributed by atoms with Gasteiger partial charge in [-0.2, -0.15) is 0 Å². The zero-order chi connectivity index (χ0) is 65.6. The molecule has 9 aromatic rings. The van der Waals surface area contributed by atoms with Crippen LogP contribution in [0.3, 0.4) is 0 Å². The fourth-order valence-electron chi connectivity index (χ4n) is 10.5.